The molecule has 1 N–H and O–H groups in total. The topological polar surface area (TPSA) is 81.1 Å². The molecule has 2 aliphatic carbocycles. The fraction of sp³-hybridized carbons (Fsp3) is 0.316. The molecule has 0 spiro atoms. The third-order valence-electron chi connectivity index (χ3n) is 4.94. The number of hydrogen-bond acceptors (Lipinski definition) is 4. The predicted molar refractivity (Wildman–Crippen MR) is 89.6 cm³/mol. The lowest BCUT2D eigenvalue weighted by molar-refractivity contribution is 0.0658. The van der Waals surface area contributed by atoms with Crippen molar-refractivity contribution in [2.75, 3.05) is 0 Å². The molecule has 25 heavy (non-hydrogen) atoms. The first-order valence-corrected chi connectivity index (χ1v) is 8.56. The second-order valence-electron chi connectivity index (χ2n) is 6.74. The van der Waals surface area contributed by atoms with Crippen molar-refractivity contribution in [1.29, 1.82) is 0 Å². The van der Waals surface area contributed by atoms with Crippen LogP contribution in [-0.2, 0) is 19.4 Å². The van der Waals surface area contributed by atoms with Crippen LogP contribution >= 0.6 is 0 Å². The fourth-order valence-electron chi connectivity index (χ4n) is 3.69. The molecule has 6 nitrogen and oxygen atoms in total. The molecule has 0 bridgehead atoms. The maximum Gasteiger partial charge on any atom is 0.372 e. The molecule has 0 aromatic carbocycles. The zero-order valence-corrected chi connectivity index (χ0v) is 13.6. The summed E-state index contributed by atoms with van der Waals surface area (Å²) >= 11 is 0. The number of aromatic carboxylic acids is 1. The van der Waals surface area contributed by atoms with Crippen LogP contribution in [0.3, 0.4) is 0 Å². The Kier molecular flexibility index (Phi) is 3.07. The molecule has 3 heterocycles. The van der Waals surface area contributed by atoms with Crippen LogP contribution in [0.2, 0.25) is 0 Å². The summed E-state index contributed by atoms with van der Waals surface area (Å²) in [5.41, 5.74) is 4.77. The average Bonchev–Trinajstić information content (AvgIpc) is 3.24. The highest BCUT2D eigenvalue weighted by Gasteiger charge is 2.39. The number of carboxylic acid groups (broad SMARTS) is 1. The number of carbonyl (C=O) groups is 1. The number of aryl methyl sites for hydroxylation is 2. The monoisotopic (exact) mass is 335 g/mol. The van der Waals surface area contributed by atoms with Gasteiger partial charge in [-0.05, 0) is 42.9 Å². The zero-order chi connectivity index (χ0) is 17.0. The van der Waals surface area contributed by atoms with E-state index < -0.39 is 5.97 Å². The lowest BCUT2D eigenvalue weighted by atomic mass is 9.91. The van der Waals surface area contributed by atoms with Gasteiger partial charge in [0.25, 0.3) is 0 Å². The van der Waals surface area contributed by atoms with Gasteiger partial charge in [-0.2, -0.15) is 5.10 Å². The summed E-state index contributed by atoms with van der Waals surface area (Å²) in [5.74, 6) is 0.200. The summed E-state index contributed by atoms with van der Waals surface area (Å²) in [7, 11) is 0. The number of carboxylic acids is 1. The predicted octanol–water partition coefficient (Wildman–Crippen LogP) is 3.26. The molecule has 0 unspecified atom stereocenters. The van der Waals surface area contributed by atoms with Crippen molar-refractivity contribution in [3.63, 3.8) is 0 Å². The Balaban J connectivity index is 1.60. The van der Waals surface area contributed by atoms with Crippen molar-refractivity contribution in [1.82, 2.24) is 14.8 Å². The first-order chi connectivity index (χ1) is 12.2. The number of pyridine rings is 1. The lowest BCUT2D eigenvalue weighted by Gasteiger charge is -2.10. The Labute approximate surface area is 144 Å². The quantitative estimate of drug-likeness (QED) is 0.791. The molecular formula is C19H17N3O3. The van der Waals surface area contributed by atoms with Gasteiger partial charge in [0.15, 0.2) is 0 Å². The SMILES string of the molecule is O=C(O)c1oc2c(c1C1CC1)-c1nn(Cc3ccccn3)cc1CC2. The summed E-state index contributed by atoms with van der Waals surface area (Å²) in [6, 6.07) is 5.83. The average molecular weight is 335 g/mol. The smallest absolute Gasteiger partial charge is 0.372 e. The number of hydrogen-bond donors (Lipinski definition) is 1. The van der Waals surface area contributed by atoms with Crippen LogP contribution in [-0.4, -0.2) is 25.8 Å². The Morgan fingerprint density at radius 3 is 2.92 bits per heavy atom. The van der Waals surface area contributed by atoms with E-state index in [1.807, 2.05) is 22.9 Å². The van der Waals surface area contributed by atoms with Crippen LogP contribution in [0.25, 0.3) is 11.3 Å². The van der Waals surface area contributed by atoms with Crippen LogP contribution in [0.4, 0.5) is 0 Å². The maximum absolute atomic E-state index is 11.6. The summed E-state index contributed by atoms with van der Waals surface area (Å²) in [6.07, 6.45) is 7.42. The minimum absolute atomic E-state index is 0.111. The van der Waals surface area contributed by atoms with E-state index in [1.165, 1.54) is 0 Å². The highest BCUT2D eigenvalue weighted by atomic mass is 16.4. The number of fused-ring (bicyclic) bond motifs is 3. The molecule has 0 radical (unpaired) electrons. The van der Waals surface area contributed by atoms with Gasteiger partial charge >= 0.3 is 5.97 Å². The molecule has 0 amide bonds. The van der Waals surface area contributed by atoms with Gasteiger partial charge in [0, 0.05) is 29.9 Å². The van der Waals surface area contributed by atoms with Crippen molar-refractivity contribution < 1.29 is 14.3 Å². The number of nitrogens with zero attached hydrogens (tertiary/aromatic N) is 3. The van der Waals surface area contributed by atoms with E-state index >= 15 is 0 Å². The maximum atomic E-state index is 11.6. The van der Waals surface area contributed by atoms with E-state index in [-0.39, 0.29) is 5.76 Å². The van der Waals surface area contributed by atoms with Gasteiger partial charge < -0.3 is 9.52 Å². The Morgan fingerprint density at radius 1 is 1.32 bits per heavy atom. The molecule has 0 saturated heterocycles. The lowest BCUT2D eigenvalue weighted by Crippen LogP contribution is -2.03. The molecule has 0 atom stereocenters. The molecule has 5 rings (SSSR count). The highest BCUT2D eigenvalue weighted by molar-refractivity contribution is 5.91. The zero-order valence-electron chi connectivity index (χ0n) is 13.6. The van der Waals surface area contributed by atoms with E-state index in [9.17, 15) is 9.90 Å². The Bertz CT molecular complexity index is 967. The summed E-state index contributed by atoms with van der Waals surface area (Å²) in [6.45, 7) is 0.603. The minimum Gasteiger partial charge on any atom is -0.475 e. The van der Waals surface area contributed by atoms with E-state index in [0.29, 0.717) is 12.5 Å². The van der Waals surface area contributed by atoms with Crippen LogP contribution < -0.4 is 0 Å². The van der Waals surface area contributed by atoms with Gasteiger partial charge in [-0.25, -0.2) is 4.79 Å². The summed E-state index contributed by atoms with van der Waals surface area (Å²) < 4.78 is 7.62. The van der Waals surface area contributed by atoms with Crippen molar-refractivity contribution >= 4 is 5.97 Å². The van der Waals surface area contributed by atoms with Gasteiger partial charge in [-0.15, -0.1) is 0 Å². The number of rotatable bonds is 4. The Hall–Kier alpha value is -2.89. The van der Waals surface area contributed by atoms with Gasteiger partial charge in [0.05, 0.1) is 17.9 Å². The molecule has 3 aromatic heterocycles. The van der Waals surface area contributed by atoms with E-state index in [1.54, 1.807) is 6.20 Å². The highest BCUT2D eigenvalue weighted by Crippen LogP contribution is 2.50. The van der Waals surface area contributed by atoms with Crippen molar-refractivity contribution in [3.05, 3.63) is 58.9 Å². The molecule has 6 heteroatoms. The molecule has 1 saturated carbocycles. The van der Waals surface area contributed by atoms with Gasteiger partial charge in [-0.3, -0.25) is 9.67 Å². The van der Waals surface area contributed by atoms with Gasteiger partial charge in [0.1, 0.15) is 5.76 Å². The second-order valence-corrected chi connectivity index (χ2v) is 6.74. The second kappa shape index (κ2) is 5.31. The van der Waals surface area contributed by atoms with Crippen molar-refractivity contribution in [3.8, 4) is 11.3 Å². The summed E-state index contributed by atoms with van der Waals surface area (Å²) in [4.78, 5) is 16.0. The minimum atomic E-state index is -0.981. The van der Waals surface area contributed by atoms with Crippen LogP contribution in [0.1, 0.15) is 51.9 Å². The van der Waals surface area contributed by atoms with Crippen molar-refractivity contribution in [2.24, 2.45) is 0 Å². The van der Waals surface area contributed by atoms with Crippen LogP contribution in [0.15, 0.2) is 35.0 Å². The Morgan fingerprint density at radius 2 is 2.20 bits per heavy atom. The molecule has 2 aliphatic rings. The molecule has 0 aliphatic heterocycles. The first kappa shape index (κ1) is 14.5. The van der Waals surface area contributed by atoms with Crippen LogP contribution in [0, 0.1) is 0 Å². The van der Waals surface area contributed by atoms with Gasteiger partial charge in [0.2, 0.25) is 5.76 Å². The number of aromatic nitrogens is 3. The number of furan rings is 1. The largest absolute Gasteiger partial charge is 0.475 e. The third kappa shape index (κ3) is 2.36. The first-order valence-electron chi connectivity index (χ1n) is 8.56. The molecule has 3 aromatic rings. The standard InChI is InChI=1S/C19H17N3O3/c23-19(24)18-15(11-4-5-11)16-14(25-18)7-6-12-9-22(21-17(12)16)10-13-3-1-2-8-20-13/h1-3,8-9,11H,4-7,10H2,(H,23,24). The normalized spacial score (nSPS) is 15.7. The van der Waals surface area contributed by atoms with Crippen LogP contribution in [0.5, 0.6) is 0 Å². The third-order valence-corrected chi connectivity index (χ3v) is 4.94. The summed E-state index contributed by atoms with van der Waals surface area (Å²) in [5, 5.41) is 14.3. The molecular weight excluding hydrogens is 318 g/mol. The van der Waals surface area contributed by atoms with Crippen molar-refractivity contribution in [2.45, 2.75) is 38.1 Å². The molecule has 1 fully saturated rings. The van der Waals surface area contributed by atoms with Gasteiger partial charge in [-0.1, -0.05) is 6.07 Å². The molecule has 126 valence electrons. The fourth-order valence-corrected chi connectivity index (χ4v) is 3.69. The van der Waals surface area contributed by atoms with E-state index in [2.05, 4.69) is 11.2 Å². The van der Waals surface area contributed by atoms with E-state index in [4.69, 9.17) is 9.52 Å². The van der Waals surface area contributed by atoms with E-state index in [0.717, 1.165) is 59.5 Å².